The number of nitrogen functional groups attached to an aromatic ring is 1. The minimum atomic E-state index is -0.762. The number of carbonyl (C=O) groups excluding carboxylic acids is 1. The van der Waals surface area contributed by atoms with Gasteiger partial charge in [0.2, 0.25) is 5.95 Å². The Hall–Kier alpha value is -1.76. The Morgan fingerprint density at radius 1 is 1.56 bits per heavy atom. The summed E-state index contributed by atoms with van der Waals surface area (Å²) in [6.07, 6.45) is 0.668. The summed E-state index contributed by atoms with van der Waals surface area (Å²) in [5.74, 6) is 0.751. The van der Waals surface area contributed by atoms with Gasteiger partial charge in [-0.3, -0.25) is 0 Å². The number of amides is 1. The summed E-state index contributed by atoms with van der Waals surface area (Å²) in [5.41, 5.74) is 10.6. The topological polar surface area (TPSA) is 107 Å². The van der Waals surface area contributed by atoms with Gasteiger partial charge in [0.25, 0.3) is 0 Å². The molecule has 18 heavy (non-hydrogen) atoms. The van der Waals surface area contributed by atoms with Crippen molar-refractivity contribution in [3.63, 3.8) is 0 Å². The zero-order valence-corrected chi connectivity index (χ0v) is 10.4. The predicted octanol–water partition coefficient (Wildman–Crippen LogP) is 0.776. The zero-order chi connectivity index (χ0) is 13.1. The lowest BCUT2D eigenvalue weighted by Gasteiger charge is -2.32. The highest BCUT2D eigenvalue weighted by atomic mass is 35.5. The Balaban J connectivity index is 2.10. The highest BCUT2D eigenvalue weighted by Gasteiger charge is 2.23. The molecule has 0 saturated carbocycles. The number of piperidine rings is 1. The molecular formula is C10H14ClN5O2. The number of nitrogens with two attached hydrogens (primary N) is 2. The van der Waals surface area contributed by atoms with Gasteiger partial charge < -0.3 is 21.1 Å². The first-order valence-corrected chi connectivity index (χ1v) is 5.93. The number of anilines is 2. The number of ether oxygens (including phenoxy) is 1. The van der Waals surface area contributed by atoms with E-state index < -0.39 is 6.09 Å². The van der Waals surface area contributed by atoms with Crippen LogP contribution in [0, 0.1) is 0 Å². The van der Waals surface area contributed by atoms with E-state index in [1.807, 2.05) is 4.90 Å². The number of hydrogen-bond donors (Lipinski definition) is 2. The van der Waals surface area contributed by atoms with Crippen LogP contribution in [0.4, 0.5) is 16.6 Å². The van der Waals surface area contributed by atoms with Crippen molar-refractivity contribution in [2.24, 2.45) is 5.73 Å². The quantitative estimate of drug-likeness (QED) is 0.770. The molecule has 0 bridgehead atoms. The van der Waals surface area contributed by atoms with Gasteiger partial charge in [0.1, 0.15) is 17.1 Å². The number of primary amides is 1. The van der Waals surface area contributed by atoms with Crippen LogP contribution in [-0.2, 0) is 4.74 Å². The first kappa shape index (κ1) is 12.7. The molecule has 1 aromatic heterocycles. The third-order valence-corrected chi connectivity index (χ3v) is 2.88. The molecule has 1 aliphatic rings. The maximum absolute atomic E-state index is 10.7. The van der Waals surface area contributed by atoms with Gasteiger partial charge in [-0.1, -0.05) is 11.6 Å². The normalized spacial score (nSPS) is 19.6. The second kappa shape index (κ2) is 5.26. The van der Waals surface area contributed by atoms with Crippen molar-refractivity contribution in [3.05, 3.63) is 11.2 Å². The van der Waals surface area contributed by atoms with Gasteiger partial charge in [-0.25, -0.2) is 9.78 Å². The molecule has 98 valence electrons. The minimum Gasteiger partial charge on any atom is -0.445 e. The van der Waals surface area contributed by atoms with Gasteiger partial charge in [-0.2, -0.15) is 4.98 Å². The van der Waals surface area contributed by atoms with E-state index in [9.17, 15) is 4.79 Å². The Kier molecular flexibility index (Phi) is 3.71. The van der Waals surface area contributed by atoms with Gasteiger partial charge in [-0.05, 0) is 12.8 Å². The van der Waals surface area contributed by atoms with Crippen LogP contribution in [0.1, 0.15) is 12.8 Å². The van der Waals surface area contributed by atoms with Crippen molar-refractivity contribution in [1.29, 1.82) is 0 Å². The van der Waals surface area contributed by atoms with Crippen LogP contribution < -0.4 is 16.4 Å². The van der Waals surface area contributed by atoms with Gasteiger partial charge in [0.05, 0.1) is 6.54 Å². The highest BCUT2D eigenvalue weighted by molar-refractivity contribution is 6.29. The molecular weight excluding hydrogens is 258 g/mol. The van der Waals surface area contributed by atoms with Crippen LogP contribution in [-0.4, -0.2) is 35.3 Å². The van der Waals surface area contributed by atoms with E-state index in [-0.39, 0.29) is 17.2 Å². The summed E-state index contributed by atoms with van der Waals surface area (Å²) in [6, 6.07) is 1.63. The average Bonchev–Trinajstić information content (AvgIpc) is 2.27. The van der Waals surface area contributed by atoms with E-state index in [1.54, 1.807) is 6.07 Å². The van der Waals surface area contributed by atoms with Crippen LogP contribution in [0.3, 0.4) is 0 Å². The van der Waals surface area contributed by atoms with Crippen LogP contribution in [0.2, 0.25) is 5.15 Å². The lowest BCUT2D eigenvalue weighted by molar-refractivity contribution is 0.0964. The van der Waals surface area contributed by atoms with Crippen LogP contribution in [0.25, 0.3) is 0 Å². The highest BCUT2D eigenvalue weighted by Crippen LogP contribution is 2.22. The van der Waals surface area contributed by atoms with Crippen molar-refractivity contribution in [3.8, 4) is 0 Å². The molecule has 2 heterocycles. The molecule has 1 unspecified atom stereocenters. The summed E-state index contributed by atoms with van der Waals surface area (Å²) in [7, 11) is 0. The van der Waals surface area contributed by atoms with E-state index in [1.165, 1.54) is 0 Å². The number of halogens is 1. The molecule has 1 aliphatic heterocycles. The van der Waals surface area contributed by atoms with Gasteiger partial charge in [-0.15, -0.1) is 0 Å². The first-order chi connectivity index (χ1) is 8.54. The van der Waals surface area contributed by atoms with Crippen LogP contribution in [0.15, 0.2) is 6.07 Å². The fourth-order valence-electron chi connectivity index (χ4n) is 1.99. The number of nitrogens with zero attached hydrogens (tertiary/aromatic N) is 3. The molecule has 0 spiro atoms. The van der Waals surface area contributed by atoms with E-state index >= 15 is 0 Å². The van der Waals surface area contributed by atoms with Gasteiger partial charge in [0, 0.05) is 12.6 Å². The van der Waals surface area contributed by atoms with Crippen LogP contribution in [0.5, 0.6) is 0 Å². The molecule has 7 nitrogen and oxygen atoms in total. The van der Waals surface area contributed by atoms with Gasteiger partial charge >= 0.3 is 6.09 Å². The second-order valence-electron chi connectivity index (χ2n) is 4.05. The summed E-state index contributed by atoms with van der Waals surface area (Å²) in [6.45, 7) is 1.32. The Bertz CT molecular complexity index is 436. The zero-order valence-electron chi connectivity index (χ0n) is 9.67. The molecule has 2 rings (SSSR count). The molecule has 0 aromatic carbocycles. The lowest BCUT2D eigenvalue weighted by Crippen LogP contribution is -2.41. The van der Waals surface area contributed by atoms with Crippen molar-refractivity contribution >= 4 is 29.5 Å². The summed E-state index contributed by atoms with van der Waals surface area (Å²) >= 11 is 5.83. The smallest absolute Gasteiger partial charge is 0.404 e. The van der Waals surface area contributed by atoms with E-state index in [2.05, 4.69) is 9.97 Å². The molecule has 0 aliphatic carbocycles. The van der Waals surface area contributed by atoms with Crippen molar-refractivity contribution in [2.75, 3.05) is 23.7 Å². The summed E-state index contributed by atoms with van der Waals surface area (Å²) in [5, 5.41) is 0.287. The second-order valence-corrected chi connectivity index (χ2v) is 4.44. The SMILES string of the molecule is NC(=O)OC1CCCN(c2cc(Cl)nc(N)n2)C1. The maximum Gasteiger partial charge on any atom is 0.404 e. The summed E-state index contributed by atoms with van der Waals surface area (Å²) < 4.78 is 4.99. The Labute approximate surface area is 109 Å². The fourth-order valence-corrected chi connectivity index (χ4v) is 2.18. The molecule has 1 saturated heterocycles. The van der Waals surface area contributed by atoms with Crippen LogP contribution >= 0.6 is 11.6 Å². The molecule has 1 amide bonds. The lowest BCUT2D eigenvalue weighted by atomic mass is 10.1. The fraction of sp³-hybridized carbons (Fsp3) is 0.500. The predicted molar refractivity (Wildman–Crippen MR) is 67.4 cm³/mol. The van der Waals surface area contributed by atoms with E-state index in [4.69, 9.17) is 27.8 Å². The Morgan fingerprint density at radius 2 is 2.33 bits per heavy atom. The largest absolute Gasteiger partial charge is 0.445 e. The summed E-state index contributed by atoms with van der Waals surface area (Å²) in [4.78, 5) is 20.6. The van der Waals surface area contributed by atoms with Gasteiger partial charge in [0.15, 0.2) is 0 Å². The maximum atomic E-state index is 10.7. The molecule has 1 fully saturated rings. The number of rotatable bonds is 2. The monoisotopic (exact) mass is 271 g/mol. The first-order valence-electron chi connectivity index (χ1n) is 5.55. The molecule has 8 heteroatoms. The minimum absolute atomic E-state index is 0.121. The standard InChI is InChI=1S/C10H14ClN5O2/c11-7-4-8(15-9(12)14-7)16-3-1-2-6(5-16)18-10(13)17/h4,6H,1-3,5H2,(H2,13,17)(H2,12,14,15). The molecule has 4 N–H and O–H groups in total. The number of carbonyl (C=O) groups is 1. The molecule has 1 atom stereocenters. The molecule has 0 radical (unpaired) electrons. The average molecular weight is 272 g/mol. The Morgan fingerprint density at radius 3 is 3.00 bits per heavy atom. The van der Waals surface area contributed by atoms with Crippen molar-refractivity contribution in [2.45, 2.75) is 18.9 Å². The number of aromatic nitrogens is 2. The van der Waals surface area contributed by atoms with E-state index in [0.29, 0.717) is 12.4 Å². The number of hydrogen-bond acceptors (Lipinski definition) is 6. The van der Waals surface area contributed by atoms with Crippen molar-refractivity contribution < 1.29 is 9.53 Å². The third-order valence-electron chi connectivity index (χ3n) is 2.68. The van der Waals surface area contributed by atoms with Crippen molar-refractivity contribution in [1.82, 2.24) is 9.97 Å². The van der Waals surface area contributed by atoms with E-state index in [0.717, 1.165) is 19.4 Å². The third kappa shape index (κ3) is 3.13. The molecule has 1 aromatic rings.